The van der Waals surface area contributed by atoms with E-state index >= 15 is 0 Å². The number of benzene rings is 2. The summed E-state index contributed by atoms with van der Waals surface area (Å²) in [4.78, 5) is 1.07. The van der Waals surface area contributed by atoms with Crippen molar-refractivity contribution in [1.29, 1.82) is 0 Å². The van der Waals surface area contributed by atoms with E-state index in [-0.39, 0.29) is 0 Å². The van der Waals surface area contributed by atoms with Gasteiger partial charge < -0.3 is 10.0 Å². The van der Waals surface area contributed by atoms with Crippen molar-refractivity contribution in [2.24, 2.45) is 0 Å². The van der Waals surface area contributed by atoms with Crippen LogP contribution in [0.5, 0.6) is 0 Å². The zero-order valence-corrected chi connectivity index (χ0v) is 13.1. The van der Waals surface area contributed by atoms with Crippen LogP contribution in [0.3, 0.4) is 0 Å². The van der Waals surface area contributed by atoms with Gasteiger partial charge in [0.25, 0.3) is 0 Å². The minimum Gasteiger partial charge on any atom is -0.423 e. The second-order valence-electron chi connectivity index (χ2n) is 5.11. The number of hydrogen-bond acceptors (Lipinski definition) is 3. The first-order valence-corrected chi connectivity index (χ1v) is 8.26. The molecule has 0 saturated heterocycles. The van der Waals surface area contributed by atoms with Crippen LogP contribution in [0.1, 0.15) is 37.0 Å². The fraction of sp³-hybridized carbons (Fsp3) is 0.294. The van der Waals surface area contributed by atoms with Gasteiger partial charge in [-0.15, -0.1) is 11.8 Å². The van der Waals surface area contributed by atoms with E-state index in [9.17, 15) is 10.0 Å². The zero-order chi connectivity index (χ0) is 15.1. The molecule has 0 fully saturated rings. The zero-order valence-electron chi connectivity index (χ0n) is 12.3. The van der Waals surface area contributed by atoms with Crippen LogP contribution in [0, 0.1) is 0 Å². The van der Waals surface area contributed by atoms with E-state index in [4.69, 9.17) is 0 Å². The van der Waals surface area contributed by atoms with E-state index < -0.39 is 7.12 Å². The summed E-state index contributed by atoms with van der Waals surface area (Å²) >= 11 is 1.79. The Balaban J connectivity index is 2.16. The van der Waals surface area contributed by atoms with Crippen molar-refractivity contribution in [3.05, 3.63) is 60.2 Å². The Bertz CT molecular complexity index is 545. The summed E-state index contributed by atoms with van der Waals surface area (Å²) in [6, 6.07) is 18.0. The maximum absolute atomic E-state index is 9.29. The Morgan fingerprint density at radius 3 is 2.48 bits per heavy atom. The third-order valence-corrected chi connectivity index (χ3v) is 4.74. The van der Waals surface area contributed by atoms with E-state index in [1.807, 2.05) is 24.3 Å². The van der Waals surface area contributed by atoms with Gasteiger partial charge >= 0.3 is 7.12 Å². The van der Waals surface area contributed by atoms with Gasteiger partial charge in [0, 0.05) is 10.1 Å². The Morgan fingerprint density at radius 2 is 1.81 bits per heavy atom. The van der Waals surface area contributed by atoms with Crippen LogP contribution in [0.4, 0.5) is 0 Å². The Hall–Kier alpha value is -1.23. The summed E-state index contributed by atoms with van der Waals surface area (Å²) in [6.45, 7) is 2.20. The molecule has 0 amide bonds. The Labute approximate surface area is 131 Å². The lowest BCUT2D eigenvalue weighted by Gasteiger charge is -2.17. The minimum absolute atomic E-state index is 0.400. The van der Waals surface area contributed by atoms with Crippen LogP contribution < -0.4 is 5.46 Å². The summed E-state index contributed by atoms with van der Waals surface area (Å²) in [5, 5.41) is 19.0. The Kier molecular flexibility index (Phi) is 6.36. The van der Waals surface area contributed by atoms with Gasteiger partial charge in [-0.2, -0.15) is 0 Å². The fourth-order valence-corrected chi connectivity index (χ4v) is 3.53. The molecule has 0 saturated carbocycles. The van der Waals surface area contributed by atoms with Gasteiger partial charge in [-0.1, -0.05) is 62.2 Å². The molecule has 0 aromatic heterocycles. The van der Waals surface area contributed by atoms with Crippen molar-refractivity contribution in [3.63, 3.8) is 0 Å². The van der Waals surface area contributed by atoms with Gasteiger partial charge in [0.05, 0.1) is 0 Å². The topological polar surface area (TPSA) is 40.5 Å². The summed E-state index contributed by atoms with van der Waals surface area (Å²) in [7, 11) is -1.41. The lowest BCUT2D eigenvalue weighted by Crippen LogP contribution is -2.29. The molecule has 21 heavy (non-hydrogen) atoms. The number of unbranched alkanes of at least 4 members (excludes halogenated alkanes) is 1. The largest absolute Gasteiger partial charge is 0.488 e. The molecule has 1 atom stereocenters. The fourth-order valence-electron chi connectivity index (χ4n) is 2.26. The van der Waals surface area contributed by atoms with Crippen molar-refractivity contribution >= 4 is 24.3 Å². The highest BCUT2D eigenvalue weighted by atomic mass is 32.2. The van der Waals surface area contributed by atoms with E-state index in [2.05, 4.69) is 31.2 Å². The quantitative estimate of drug-likeness (QED) is 0.608. The van der Waals surface area contributed by atoms with Gasteiger partial charge in [0.2, 0.25) is 0 Å². The summed E-state index contributed by atoms with van der Waals surface area (Å²) in [5.74, 6) is 0. The lowest BCUT2D eigenvalue weighted by atomic mass is 9.80. The van der Waals surface area contributed by atoms with Crippen LogP contribution in [0.2, 0.25) is 0 Å². The average Bonchev–Trinajstić information content (AvgIpc) is 2.52. The highest BCUT2D eigenvalue weighted by molar-refractivity contribution is 7.99. The molecular weight excluding hydrogens is 279 g/mol. The molecule has 2 aromatic carbocycles. The monoisotopic (exact) mass is 300 g/mol. The first-order chi connectivity index (χ1) is 10.2. The standard InChI is InChI=1S/C17H21BO2S/c1-2-3-12-17(14-8-5-4-6-9-14)21-16-11-7-10-15(13-16)18(19)20/h4-11,13,17,19-20H,2-3,12H2,1H3. The number of rotatable bonds is 7. The van der Waals surface area contributed by atoms with Crippen LogP contribution in [0.15, 0.2) is 59.5 Å². The van der Waals surface area contributed by atoms with Crippen molar-refractivity contribution < 1.29 is 10.0 Å². The molecule has 2 nitrogen and oxygen atoms in total. The third kappa shape index (κ3) is 4.92. The lowest BCUT2D eigenvalue weighted by molar-refractivity contribution is 0.425. The maximum atomic E-state index is 9.29. The van der Waals surface area contributed by atoms with Gasteiger partial charge in [-0.3, -0.25) is 0 Å². The highest BCUT2D eigenvalue weighted by Crippen LogP contribution is 2.38. The molecule has 2 rings (SSSR count). The molecule has 0 bridgehead atoms. The molecule has 2 N–H and O–H groups in total. The van der Waals surface area contributed by atoms with Crippen molar-refractivity contribution in [2.75, 3.05) is 0 Å². The molecule has 2 aromatic rings. The first kappa shape index (κ1) is 16.2. The van der Waals surface area contributed by atoms with E-state index in [0.29, 0.717) is 10.7 Å². The van der Waals surface area contributed by atoms with Crippen LogP contribution >= 0.6 is 11.8 Å². The molecule has 0 aliphatic rings. The molecule has 1 unspecified atom stereocenters. The summed E-state index contributed by atoms with van der Waals surface area (Å²) in [5.41, 5.74) is 1.87. The molecule has 0 heterocycles. The molecule has 110 valence electrons. The molecule has 0 aliphatic carbocycles. The van der Waals surface area contributed by atoms with Gasteiger partial charge in [-0.25, -0.2) is 0 Å². The number of hydrogen-bond donors (Lipinski definition) is 2. The molecule has 4 heteroatoms. The second-order valence-corrected chi connectivity index (χ2v) is 6.38. The maximum Gasteiger partial charge on any atom is 0.488 e. The average molecular weight is 300 g/mol. The smallest absolute Gasteiger partial charge is 0.423 e. The molecule has 0 aliphatic heterocycles. The predicted octanol–water partition coefficient (Wildman–Crippen LogP) is 3.39. The van der Waals surface area contributed by atoms with E-state index in [1.165, 1.54) is 18.4 Å². The summed E-state index contributed by atoms with van der Waals surface area (Å²) < 4.78 is 0. The van der Waals surface area contributed by atoms with Crippen LogP contribution in [-0.4, -0.2) is 17.2 Å². The second kappa shape index (κ2) is 8.27. The van der Waals surface area contributed by atoms with Crippen molar-refractivity contribution in [3.8, 4) is 0 Å². The highest BCUT2D eigenvalue weighted by Gasteiger charge is 2.15. The third-order valence-electron chi connectivity index (χ3n) is 3.43. The predicted molar refractivity (Wildman–Crippen MR) is 90.8 cm³/mol. The molecular formula is C17H21BO2S. The van der Waals surface area contributed by atoms with Gasteiger partial charge in [0.15, 0.2) is 0 Å². The molecule has 0 radical (unpaired) electrons. The number of thioether (sulfide) groups is 1. The normalized spacial score (nSPS) is 12.1. The summed E-state index contributed by atoms with van der Waals surface area (Å²) in [6.07, 6.45) is 3.49. The van der Waals surface area contributed by atoms with E-state index in [1.54, 1.807) is 17.8 Å². The van der Waals surface area contributed by atoms with Crippen molar-refractivity contribution in [1.82, 2.24) is 0 Å². The van der Waals surface area contributed by atoms with Crippen LogP contribution in [0.25, 0.3) is 0 Å². The van der Waals surface area contributed by atoms with E-state index in [0.717, 1.165) is 11.3 Å². The van der Waals surface area contributed by atoms with Crippen molar-refractivity contribution in [2.45, 2.75) is 36.3 Å². The SMILES string of the molecule is CCCCC(Sc1cccc(B(O)O)c1)c1ccccc1. The Morgan fingerprint density at radius 1 is 1.05 bits per heavy atom. The van der Waals surface area contributed by atoms with Crippen LogP contribution in [-0.2, 0) is 0 Å². The minimum atomic E-state index is -1.41. The first-order valence-electron chi connectivity index (χ1n) is 7.38. The molecule has 0 spiro atoms. The van der Waals surface area contributed by atoms with Gasteiger partial charge in [-0.05, 0) is 29.6 Å². The van der Waals surface area contributed by atoms with Gasteiger partial charge in [0.1, 0.15) is 0 Å².